The maximum absolute atomic E-state index is 2.40. The molecule has 0 amide bonds. The predicted molar refractivity (Wildman–Crippen MR) is 118 cm³/mol. The van der Waals surface area contributed by atoms with Gasteiger partial charge in [0, 0.05) is 0 Å². The number of fused-ring (bicyclic) bond motifs is 1. The Morgan fingerprint density at radius 1 is 0.821 bits per heavy atom. The second-order valence-electron chi connectivity index (χ2n) is 8.83. The molecular weight excluding hydrogens is 340 g/mol. The smallest absolute Gasteiger partial charge is 0.225 e. The molecule has 1 heterocycles. The van der Waals surface area contributed by atoms with Crippen LogP contribution in [0.15, 0.2) is 66.7 Å². The Hall–Kier alpha value is -2.87. The van der Waals surface area contributed by atoms with Crippen molar-refractivity contribution in [3.63, 3.8) is 0 Å². The van der Waals surface area contributed by atoms with E-state index in [0.717, 1.165) is 0 Å². The fourth-order valence-electron chi connectivity index (χ4n) is 3.94. The van der Waals surface area contributed by atoms with E-state index in [2.05, 4.69) is 118 Å². The van der Waals surface area contributed by atoms with Crippen molar-refractivity contribution >= 4 is 11.0 Å². The average Bonchev–Trinajstić information content (AvgIpc) is 2.93. The first-order valence-electron chi connectivity index (χ1n) is 9.95. The Balaban J connectivity index is 2.12. The summed E-state index contributed by atoms with van der Waals surface area (Å²) in [5.74, 6) is 1.22. The lowest BCUT2D eigenvalue weighted by molar-refractivity contribution is -0.633. The molecule has 0 fully saturated rings. The first-order valence-corrected chi connectivity index (χ1v) is 9.95. The van der Waals surface area contributed by atoms with E-state index < -0.39 is 0 Å². The maximum Gasteiger partial charge on any atom is 0.295 e. The molecule has 0 radical (unpaired) electrons. The second kappa shape index (κ2) is 6.63. The molecular formula is C26H29N2+. The van der Waals surface area contributed by atoms with Gasteiger partial charge < -0.3 is 0 Å². The van der Waals surface area contributed by atoms with Crippen molar-refractivity contribution in [2.24, 2.45) is 7.05 Å². The van der Waals surface area contributed by atoms with Gasteiger partial charge in [0.1, 0.15) is 5.69 Å². The van der Waals surface area contributed by atoms with Gasteiger partial charge in [-0.2, -0.15) is 4.57 Å². The lowest BCUT2D eigenvalue weighted by Crippen LogP contribution is -2.30. The Morgan fingerprint density at radius 3 is 2.21 bits per heavy atom. The van der Waals surface area contributed by atoms with Crippen molar-refractivity contribution < 1.29 is 4.57 Å². The molecule has 0 bridgehead atoms. The minimum absolute atomic E-state index is 0.112. The van der Waals surface area contributed by atoms with E-state index in [-0.39, 0.29) is 5.41 Å². The van der Waals surface area contributed by atoms with E-state index in [0.29, 0.717) is 0 Å². The highest BCUT2D eigenvalue weighted by Gasteiger charge is 2.28. The normalized spacial score (nSPS) is 11.9. The molecule has 0 spiro atoms. The molecule has 3 aromatic carbocycles. The highest BCUT2D eigenvalue weighted by Crippen LogP contribution is 2.33. The van der Waals surface area contributed by atoms with Crippen LogP contribution in [-0.4, -0.2) is 4.57 Å². The van der Waals surface area contributed by atoms with E-state index in [4.69, 9.17) is 0 Å². The number of aromatic nitrogens is 2. The number of hydrogen-bond donors (Lipinski definition) is 0. The zero-order valence-corrected chi connectivity index (χ0v) is 17.7. The molecule has 2 nitrogen and oxygen atoms in total. The van der Waals surface area contributed by atoms with Gasteiger partial charge in [0.25, 0.3) is 5.82 Å². The van der Waals surface area contributed by atoms with Gasteiger partial charge in [-0.05, 0) is 66.3 Å². The van der Waals surface area contributed by atoms with E-state index >= 15 is 0 Å². The summed E-state index contributed by atoms with van der Waals surface area (Å²) in [5, 5.41) is 0. The predicted octanol–water partition coefficient (Wildman–Crippen LogP) is 6.04. The molecule has 4 aromatic rings. The van der Waals surface area contributed by atoms with Gasteiger partial charge in [0.15, 0.2) is 11.0 Å². The van der Waals surface area contributed by atoms with Crippen LogP contribution in [0, 0.1) is 13.8 Å². The van der Waals surface area contributed by atoms with E-state index in [1.807, 2.05) is 0 Å². The summed E-state index contributed by atoms with van der Waals surface area (Å²) < 4.78 is 4.73. The summed E-state index contributed by atoms with van der Waals surface area (Å²) in [6.45, 7) is 11.2. The third kappa shape index (κ3) is 3.03. The number of aryl methyl sites for hydroxylation is 3. The summed E-state index contributed by atoms with van der Waals surface area (Å²) in [7, 11) is 2.18. The van der Waals surface area contributed by atoms with Gasteiger partial charge in [-0.15, -0.1) is 0 Å². The average molecular weight is 370 g/mol. The molecule has 142 valence electrons. The standard InChI is InChI=1S/C26H29N2/c1-18-12-15-23-24(16-18)28(21-10-8-7-9-11-21)25(27(23)6)22-17-20(26(3,4)5)14-13-19(22)2/h7-17H,1-6H3/q+1. The van der Waals surface area contributed by atoms with Crippen molar-refractivity contribution in [2.75, 3.05) is 0 Å². The highest BCUT2D eigenvalue weighted by atomic mass is 15.2. The Kier molecular flexibility index (Phi) is 4.38. The highest BCUT2D eigenvalue weighted by molar-refractivity contribution is 5.80. The second-order valence-corrected chi connectivity index (χ2v) is 8.83. The lowest BCUT2D eigenvalue weighted by Gasteiger charge is -2.20. The summed E-state index contributed by atoms with van der Waals surface area (Å²) in [4.78, 5) is 0. The fourth-order valence-corrected chi connectivity index (χ4v) is 3.94. The van der Waals surface area contributed by atoms with Crippen LogP contribution in [-0.2, 0) is 12.5 Å². The zero-order valence-electron chi connectivity index (χ0n) is 17.7. The molecule has 0 atom stereocenters. The number of rotatable bonds is 2. The lowest BCUT2D eigenvalue weighted by atomic mass is 9.85. The van der Waals surface area contributed by atoms with Crippen LogP contribution >= 0.6 is 0 Å². The molecule has 0 saturated heterocycles. The van der Waals surface area contributed by atoms with Gasteiger partial charge in [-0.1, -0.05) is 57.2 Å². The first kappa shape index (κ1) is 18.5. The number of benzene rings is 3. The van der Waals surface area contributed by atoms with Crippen molar-refractivity contribution in [1.82, 2.24) is 4.57 Å². The molecule has 0 aliphatic heterocycles. The topological polar surface area (TPSA) is 8.81 Å². The third-order valence-electron chi connectivity index (χ3n) is 5.62. The van der Waals surface area contributed by atoms with E-state index in [1.165, 1.54) is 44.8 Å². The quantitative estimate of drug-likeness (QED) is 0.381. The minimum Gasteiger partial charge on any atom is -0.225 e. The summed E-state index contributed by atoms with van der Waals surface area (Å²) in [5.41, 5.74) is 8.99. The number of hydrogen-bond acceptors (Lipinski definition) is 0. The Labute approximate surface area is 168 Å². The molecule has 0 aliphatic rings. The van der Waals surface area contributed by atoms with Crippen molar-refractivity contribution in [2.45, 2.75) is 40.0 Å². The molecule has 1 aromatic heterocycles. The van der Waals surface area contributed by atoms with Crippen LogP contribution < -0.4 is 4.57 Å². The number of imidazole rings is 1. The summed E-state index contributed by atoms with van der Waals surface area (Å²) >= 11 is 0. The maximum atomic E-state index is 2.40. The van der Waals surface area contributed by atoms with Gasteiger partial charge in [-0.3, -0.25) is 0 Å². The summed E-state index contributed by atoms with van der Waals surface area (Å²) in [6.07, 6.45) is 0. The van der Waals surface area contributed by atoms with E-state index in [9.17, 15) is 0 Å². The van der Waals surface area contributed by atoms with Gasteiger partial charge >= 0.3 is 0 Å². The van der Waals surface area contributed by atoms with Gasteiger partial charge in [0.05, 0.1) is 12.6 Å². The van der Waals surface area contributed by atoms with Crippen LogP contribution in [0.1, 0.15) is 37.5 Å². The van der Waals surface area contributed by atoms with Crippen molar-refractivity contribution in [1.29, 1.82) is 0 Å². The molecule has 0 unspecified atom stereocenters. The number of para-hydroxylation sites is 1. The monoisotopic (exact) mass is 369 g/mol. The van der Waals surface area contributed by atoms with Gasteiger partial charge in [-0.25, -0.2) is 4.57 Å². The molecule has 4 rings (SSSR count). The van der Waals surface area contributed by atoms with Crippen LogP contribution in [0.4, 0.5) is 0 Å². The molecule has 28 heavy (non-hydrogen) atoms. The van der Waals surface area contributed by atoms with Crippen LogP contribution in [0.2, 0.25) is 0 Å². The Bertz CT molecular complexity index is 1160. The van der Waals surface area contributed by atoms with Crippen LogP contribution in [0.5, 0.6) is 0 Å². The zero-order chi connectivity index (χ0) is 20.1. The van der Waals surface area contributed by atoms with Crippen molar-refractivity contribution in [3.8, 4) is 17.1 Å². The fraction of sp³-hybridized carbons (Fsp3) is 0.269. The molecule has 0 aliphatic carbocycles. The molecule has 2 heteroatoms. The number of nitrogens with zero attached hydrogens (tertiary/aromatic N) is 2. The van der Waals surface area contributed by atoms with Gasteiger partial charge in [0.2, 0.25) is 0 Å². The van der Waals surface area contributed by atoms with E-state index in [1.54, 1.807) is 0 Å². The Morgan fingerprint density at radius 2 is 1.54 bits per heavy atom. The first-order chi connectivity index (χ1) is 13.3. The molecule has 0 saturated carbocycles. The van der Waals surface area contributed by atoms with Crippen LogP contribution in [0.25, 0.3) is 28.1 Å². The largest absolute Gasteiger partial charge is 0.295 e. The minimum atomic E-state index is 0.112. The SMILES string of the molecule is Cc1ccc2c(c1)n(-c1ccccc1)c(-c1cc(C(C)(C)C)ccc1C)[n+]2C. The van der Waals surface area contributed by atoms with Crippen molar-refractivity contribution in [3.05, 3.63) is 83.4 Å². The van der Waals surface area contributed by atoms with Crippen LogP contribution in [0.3, 0.4) is 0 Å². The molecule has 0 N–H and O–H groups in total. The third-order valence-corrected chi connectivity index (χ3v) is 5.62. The summed E-state index contributed by atoms with van der Waals surface area (Å²) in [6, 6.07) is 24.3.